The fourth-order valence-electron chi connectivity index (χ4n) is 1.66. The first-order chi connectivity index (χ1) is 9.37. The highest BCUT2D eigenvalue weighted by Gasteiger charge is 2.26. The Morgan fingerprint density at radius 1 is 1.30 bits per heavy atom. The van der Waals surface area contributed by atoms with E-state index in [9.17, 15) is 4.79 Å². The molecule has 0 spiro atoms. The topological polar surface area (TPSA) is 78.4 Å². The van der Waals surface area contributed by atoms with Crippen molar-refractivity contribution in [2.45, 2.75) is 32.4 Å². The summed E-state index contributed by atoms with van der Waals surface area (Å²) in [4.78, 5) is 11.9. The first-order valence-corrected chi connectivity index (χ1v) is 6.37. The van der Waals surface area contributed by atoms with Crippen LogP contribution in [0.4, 0.5) is 0 Å². The van der Waals surface area contributed by atoms with Crippen molar-refractivity contribution in [1.82, 2.24) is 5.16 Å². The molecule has 1 heterocycles. The molecule has 0 aliphatic rings. The third-order valence-corrected chi connectivity index (χ3v) is 2.57. The van der Waals surface area contributed by atoms with Gasteiger partial charge in [-0.25, -0.2) is 4.79 Å². The fourth-order valence-corrected chi connectivity index (χ4v) is 1.66. The maximum absolute atomic E-state index is 11.9. The van der Waals surface area contributed by atoms with Crippen molar-refractivity contribution < 1.29 is 14.1 Å². The monoisotopic (exact) mass is 274 g/mol. The lowest BCUT2D eigenvalue weighted by Gasteiger charge is -2.21. The van der Waals surface area contributed by atoms with Gasteiger partial charge in [-0.3, -0.25) is 0 Å². The fraction of sp³-hybridized carbons (Fsp3) is 0.333. The van der Waals surface area contributed by atoms with E-state index in [0.29, 0.717) is 5.69 Å². The van der Waals surface area contributed by atoms with Gasteiger partial charge in [-0.15, -0.1) is 0 Å². The Balaban J connectivity index is 2.15. The van der Waals surface area contributed by atoms with Crippen molar-refractivity contribution in [3.8, 4) is 11.3 Å². The summed E-state index contributed by atoms with van der Waals surface area (Å²) >= 11 is 0. The van der Waals surface area contributed by atoms with Crippen LogP contribution >= 0.6 is 0 Å². The van der Waals surface area contributed by atoms with Crippen LogP contribution in [0.25, 0.3) is 11.3 Å². The van der Waals surface area contributed by atoms with Gasteiger partial charge in [0.1, 0.15) is 11.3 Å². The van der Waals surface area contributed by atoms with E-state index in [1.165, 1.54) is 0 Å². The number of nitrogens with two attached hydrogens (primary N) is 1. The summed E-state index contributed by atoms with van der Waals surface area (Å²) in [6.45, 7) is 5.36. The largest absolute Gasteiger partial charge is 0.458 e. The van der Waals surface area contributed by atoms with Crippen LogP contribution in [0.2, 0.25) is 0 Å². The minimum Gasteiger partial charge on any atom is -0.458 e. The van der Waals surface area contributed by atoms with Crippen molar-refractivity contribution in [2.75, 3.05) is 0 Å². The van der Waals surface area contributed by atoms with E-state index < -0.39 is 17.6 Å². The van der Waals surface area contributed by atoms with Crippen LogP contribution in [0.3, 0.4) is 0 Å². The number of hydrogen-bond donors (Lipinski definition) is 1. The summed E-state index contributed by atoms with van der Waals surface area (Å²) in [5.41, 5.74) is 6.78. The molecule has 0 fully saturated rings. The van der Waals surface area contributed by atoms with Crippen molar-refractivity contribution in [1.29, 1.82) is 0 Å². The van der Waals surface area contributed by atoms with Crippen LogP contribution < -0.4 is 5.73 Å². The summed E-state index contributed by atoms with van der Waals surface area (Å²) in [5.74, 6) is -0.244. The smallest absolute Gasteiger partial charge is 0.331 e. The molecule has 2 N–H and O–H groups in total. The molecule has 5 heteroatoms. The number of rotatable bonds is 3. The summed E-state index contributed by atoms with van der Waals surface area (Å²) in [5, 5.41) is 3.92. The maximum Gasteiger partial charge on any atom is 0.331 e. The minimum atomic E-state index is -0.973. The number of carbonyl (C=O) groups is 1. The Hall–Kier alpha value is -2.14. The second kappa shape index (κ2) is 5.46. The number of nitrogens with zero attached hydrogens (tertiary/aromatic N) is 1. The first kappa shape index (κ1) is 14.3. The normalized spacial score (nSPS) is 13.0. The van der Waals surface area contributed by atoms with E-state index in [0.717, 1.165) is 5.56 Å². The van der Waals surface area contributed by atoms with Gasteiger partial charge in [-0.05, 0) is 20.8 Å². The van der Waals surface area contributed by atoms with Crippen LogP contribution in [-0.4, -0.2) is 16.7 Å². The van der Waals surface area contributed by atoms with E-state index in [2.05, 4.69) is 5.16 Å². The highest BCUT2D eigenvalue weighted by atomic mass is 16.6. The molecule has 0 saturated heterocycles. The molecule has 2 aromatic rings. The molecule has 106 valence electrons. The van der Waals surface area contributed by atoms with Crippen molar-refractivity contribution in [2.24, 2.45) is 5.73 Å². The van der Waals surface area contributed by atoms with Gasteiger partial charge in [-0.2, -0.15) is 0 Å². The highest BCUT2D eigenvalue weighted by Crippen LogP contribution is 2.23. The number of ether oxygens (including phenoxy) is 1. The molecule has 1 aromatic carbocycles. The van der Waals surface area contributed by atoms with Crippen LogP contribution in [0.15, 0.2) is 40.9 Å². The van der Waals surface area contributed by atoms with Crippen molar-refractivity contribution in [3.05, 3.63) is 42.2 Å². The van der Waals surface area contributed by atoms with Crippen LogP contribution in [-0.2, 0) is 9.53 Å². The van der Waals surface area contributed by atoms with Gasteiger partial charge in [0.25, 0.3) is 0 Å². The lowest BCUT2D eigenvalue weighted by Crippen LogP contribution is -2.31. The van der Waals surface area contributed by atoms with E-state index in [1.54, 1.807) is 26.8 Å². The predicted octanol–water partition coefficient (Wildman–Crippen LogP) is 2.68. The molecule has 5 nitrogen and oxygen atoms in total. The number of aromatic nitrogens is 1. The molecule has 0 aliphatic carbocycles. The molecule has 1 atom stereocenters. The zero-order chi connectivity index (χ0) is 14.8. The Kier molecular flexibility index (Phi) is 3.90. The third kappa shape index (κ3) is 3.45. The molecule has 1 unspecified atom stereocenters. The zero-order valence-corrected chi connectivity index (χ0v) is 11.8. The van der Waals surface area contributed by atoms with Gasteiger partial charge >= 0.3 is 5.97 Å². The molecule has 1 aromatic heterocycles. The number of benzene rings is 1. The minimum absolute atomic E-state index is 0.290. The molecular formula is C15H18N2O3. The highest BCUT2D eigenvalue weighted by molar-refractivity contribution is 5.77. The van der Waals surface area contributed by atoms with Crippen LogP contribution in [0.5, 0.6) is 0 Å². The second-order valence-corrected chi connectivity index (χ2v) is 5.49. The maximum atomic E-state index is 11.9. The number of hydrogen-bond acceptors (Lipinski definition) is 5. The number of esters is 1. The molecule has 2 rings (SSSR count). The molecular weight excluding hydrogens is 256 g/mol. The van der Waals surface area contributed by atoms with Gasteiger partial charge in [-0.1, -0.05) is 35.5 Å². The summed E-state index contributed by atoms with van der Waals surface area (Å²) in [7, 11) is 0. The lowest BCUT2D eigenvalue weighted by atomic mass is 10.1. The molecule has 0 radical (unpaired) electrons. The van der Waals surface area contributed by atoms with Crippen LogP contribution in [0.1, 0.15) is 32.6 Å². The average molecular weight is 274 g/mol. The van der Waals surface area contributed by atoms with Gasteiger partial charge in [0, 0.05) is 11.6 Å². The van der Waals surface area contributed by atoms with Gasteiger partial charge in [0.15, 0.2) is 11.8 Å². The van der Waals surface area contributed by atoms with Crippen molar-refractivity contribution >= 4 is 5.97 Å². The third-order valence-electron chi connectivity index (χ3n) is 2.57. The molecule has 0 aliphatic heterocycles. The SMILES string of the molecule is CC(C)(C)OC(=O)C(N)c1cc(-c2ccccc2)no1. The number of carbonyl (C=O) groups excluding carboxylic acids is 1. The zero-order valence-electron chi connectivity index (χ0n) is 11.8. The Labute approximate surface area is 117 Å². The quantitative estimate of drug-likeness (QED) is 0.870. The first-order valence-electron chi connectivity index (χ1n) is 6.37. The van der Waals surface area contributed by atoms with Crippen molar-refractivity contribution in [3.63, 3.8) is 0 Å². The van der Waals surface area contributed by atoms with Gasteiger partial charge in [0.2, 0.25) is 0 Å². The molecule has 20 heavy (non-hydrogen) atoms. The van der Waals surface area contributed by atoms with E-state index >= 15 is 0 Å². The Bertz CT molecular complexity index is 585. The van der Waals surface area contributed by atoms with Gasteiger partial charge < -0.3 is 15.0 Å². The van der Waals surface area contributed by atoms with E-state index in [-0.39, 0.29) is 5.76 Å². The summed E-state index contributed by atoms with van der Waals surface area (Å²) in [6.07, 6.45) is 0. The second-order valence-electron chi connectivity index (χ2n) is 5.49. The molecule has 0 saturated carbocycles. The Morgan fingerprint density at radius 3 is 2.55 bits per heavy atom. The lowest BCUT2D eigenvalue weighted by molar-refractivity contribution is -0.157. The van der Waals surface area contributed by atoms with E-state index in [4.69, 9.17) is 15.0 Å². The molecule has 0 bridgehead atoms. The van der Waals surface area contributed by atoms with Crippen LogP contribution in [0, 0.1) is 0 Å². The Morgan fingerprint density at radius 2 is 1.95 bits per heavy atom. The summed E-state index contributed by atoms with van der Waals surface area (Å²) < 4.78 is 10.4. The average Bonchev–Trinajstić information content (AvgIpc) is 2.86. The standard InChI is InChI=1S/C15H18N2O3/c1-15(2,3)19-14(18)13(16)12-9-11(17-20-12)10-7-5-4-6-8-10/h4-9,13H,16H2,1-3H3. The predicted molar refractivity (Wildman–Crippen MR) is 74.7 cm³/mol. The molecule has 0 amide bonds. The summed E-state index contributed by atoms with van der Waals surface area (Å²) in [6, 6.07) is 10.2. The van der Waals surface area contributed by atoms with Gasteiger partial charge in [0.05, 0.1) is 0 Å². The van der Waals surface area contributed by atoms with E-state index in [1.807, 2.05) is 30.3 Å².